The number of rotatable bonds is 6. The number of aromatic nitrogens is 4. The van der Waals surface area contributed by atoms with Gasteiger partial charge in [0, 0.05) is 23.8 Å². The number of hydrogen-bond acceptors (Lipinski definition) is 6. The third kappa shape index (κ3) is 5.49. The van der Waals surface area contributed by atoms with Gasteiger partial charge in [-0.15, -0.1) is 10.2 Å². The fourth-order valence-corrected chi connectivity index (χ4v) is 3.45. The molecule has 0 aliphatic carbocycles. The van der Waals surface area contributed by atoms with Crippen LogP contribution >= 0.6 is 23.5 Å². The minimum Gasteiger partial charge on any atom is -0.325 e. The molecule has 0 bridgehead atoms. The maximum atomic E-state index is 12.5. The van der Waals surface area contributed by atoms with E-state index < -0.39 is 11.7 Å². The Kier molecular flexibility index (Phi) is 6.25. The molecule has 146 valence electrons. The minimum atomic E-state index is -4.43. The second-order valence-corrected chi connectivity index (χ2v) is 7.61. The Bertz CT molecular complexity index is 943. The molecule has 0 radical (unpaired) electrons. The smallest absolute Gasteiger partial charge is 0.325 e. The number of nitrogens with one attached hydrogen (secondary N) is 1. The summed E-state index contributed by atoms with van der Waals surface area (Å²) in [7, 11) is 1.85. The van der Waals surface area contributed by atoms with Crippen molar-refractivity contribution >= 4 is 35.1 Å². The van der Waals surface area contributed by atoms with E-state index in [-0.39, 0.29) is 11.7 Å². The van der Waals surface area contributed by atoms with Crippen LogP contribution in [0.25, 0.3) is 0 Å². The van der Waals surface area contributed by atoms with E-state index in [1.54, 1.807) is 23.0 Å². The lowest BCUT2D eigenvalue weighted by atomic mass is 10.3. The highest BCUT2D eigenvalue weighted by atomic mass is 32.2. The zero-order chi connectivity index (χ0) is 20.1. The predicted molar refractivity (Wildman–Crippen MR) is 100 cm³/mol. The molecule has 11 heteroatoms. The normalized spacial score (nSPS) is 11.4. The molecule has 28 heavy (non-hydrogen) atoms. The first-order chi connectivity index (χ1) is 13.3. The molecule has 0 aliphatic heterocycles. The van der Waals surface area contributed by atoms with Crippen LogP contribution in [0.1, 0.15) is 5.56 Å². The molecule has 0 fully saturated rings. The van der Waals surface area contributed by atoms with Crippen LogP contribution in [0.5, 0.6) is 0 Å². The lowest BCUT2D eigenvalue weighted by molar-refractivity contribution is -0.137. The largest absolute Gasteiger partial charge is 0.417 e. The number of hydrogen-bond donors (Lipinski definition) is 1. The van der Waals surface area contributed by atoms with Crippen molar-refractivity contribution in [2.24, 2.45) is 7.05 Å². The van der Waals surface area contributed by atoms with Crippen LogP contribution in [0, 0.1) is 0 Å². The number of nitrogens with zero attached hydrogens (tertiary/aromatic N) is 4. The standard InChI is InChI=1S/C17H14F3N5OS2/c1-25-10-22-24-16(25)28-13-5-3-12(4-6-13)23-14(26)9-27-15-7-2-11(8-21-15)17(18,19)20/h2-8,10H,9H2,1H3,(H,23,26). The number of aryl methyl sites for hydroxylation is 1. The number of halogens is 3. The second-order valence-electron chi connectivity index (χ2n) is 5.57. The van der Waals surface area contributed by atoms with E-state index in [1.165, 1.54) is 17.8 Å². The molecule has 3 rings (SSSR count). The lowest BCUT2D eigenvalue weighted by Crippen LogP contribution is -2.14. The highest BCUT2D eigenvalue weighted by Crippen LogP contribution is 2.30. The molecule has 0 saturated heterocycles. The molecule has 3 aromatic rings. The number of carbonyl (C=O) groups is 1. The number of anilines is 1. The highest BCUT2D eigenvalue weighted by molar-refractivity contribution is 8.00. The van der Waals surface area contributed by atoms with E-state index in [2.05, 4.69) is 20.5 Å². The summed E-state index contributed by atoms with van der Waals surface area (Å²) in [4.78, 5) is 16.7. The third-order valence-electron chi connectivity index (χ3n) is 3.43. The van der Waals surface area contributed by atoms with Crippen LogP contribution in [0.4, 0.5) is 18.9 Å². The molecule has 0 saturated carbocycles. The van der Waals surface area contributed by atoms with Gasteiger partial charge in [0.05, 0.1) is 16.3 Å². The van der Waals surface area contributed by atoms with Crippen molar-refractivity contribution in [2.45, 2.75) is 21.3 Å². The maximum Gasteiger partial charge on any atom is 0.417 e. The van der Waals surface area contributed by atoms with Gasteiger partial charge in [-0.1, -0.05) is 11.8 Å². The summed E-state index contributed by atoms with van der Waals surface area (Å²) in [5.74, 6) is -0.242. The van der Waals surface area contributed by atoms with Gasteiger partial charge in [0.2, 0.25) is 5.91 Å². The molecule has 1 aromatic carbocycles. The predicted octanol–water partition coefficient (Wildman–Crippen LogP) is 4.11. The summed E-state index contributed by atoms with van der Waals surface area (Å²) in [5, 5.41) is 11.6. The summed E-state index contributed by atoms with van der Waals surface area (Å²) < 4.78 is 39.3. The minimum absolute atomic E-state index is 0.0355. The van der Waals surface area contributed by atoms with Gasteiger partial charge in [0.25, 0.3) is 0 Å². The molecule has 2 aromatic heterocycles. The SMILES string of the molecule is Cn1cnnc1Sc1ccc(NC(=O)CSc2ccc(C(F)(F)F)cn2)cc1. The Balaban J connectivity index is 1.50. The first kappa shape index (κ1) is 20.2. The Hall–Kier alpha value is -2.53. The zero-order valence-electron chi connectivity index (χ0n) is 14.5. The lowest BCUT2D eigenvalue weighted by Gasteiger charge is -2.08. The molecule has 6 nitrogen and oxygen atoms in total. The molecule has 0 unspecified atom stereocenters. The molecule has 0 aliphatic rings. The van der Waals surface area contributed by atoms with Crippen molar-refractivity contribution in [3.63, 3.8) is 0 Å². The van der Waals surface area contributed by atoms with Crippen molar-refractivity contribution in [3.05, 3.63) is 54.5 Å². The Labute approximate surface area is 167 Å². The summed E-state index contributed by atoms with van der Waals surface area (Å²) in [5.41, 5.74) is -0.200. The number of thioether (sulfide) groups is 1. The number of alkyl halides is 3. The molecular weight excluding hydrogens is 411 g/mol. The van der Waals surface area contributed by atoms with Crippen molar-refractivity contribution in [3.8, 4) is 0 Å². The van der Waals surface area contributed by atoms with Gasteiger partial charge in [-0.25, -0.2) is 4.98 Å². The van der Waals surface area contributed by atoms with Crippen LogP contribution in [0.2, 0.25) is 0 Å². The fraction of sp³-hybridized carbons (Fsp3) is 0.176. The van der Waals surface area contributed by atoms with Gasteiger partial charge >= 0.3 is 6.18 Å². The van der Waals surface area contributed by atoms with E-state index in [0.29, 0.717) is 10.7 Å². The average Bonchev–Trinajstić information content (AvgIpc) is 3.06. The Morgan fingerprint density at radius 3 is 2.50 bits per heavy atom. The van der Waals surface area contributed by atoms with Crippen LogP contribution in [-0.4, -0.2) is 31.4 Å². The molecule has 1 N–H and O–H groups in total. The van der Waals surface area contributed by atoms with Gasteiger partial charge in [-0.2, -0.15) is 13.2 Å². The maximum absolute atomic E-state index is 12.5. The van der Waals surface area contributed by atoms with Crippen LogP contribution in [-0.2, 0) is 18.0 Å². The molecule has 0 spiro atoms. The van der Waals surface area contributed by atoms with Crippen LogP contribution < -0.4 is 5.32 Å². The van der Waals surface area contributed by atoms with E-state index in [4.69, 9.17) is 0 Å². The van der Waals surface area contributed by atoms with Crippen LogP contribution in [0.15, 0.2) is 64.0 Å². The highest BCUT2D eigenvalue weighted by Gasteiger charge is 2.30. The summed E-state index contributed by atoms with van der Waals surface area (Å²) in [6.45, 7) is 0. The van der Waals surface area contributed by atoms with E-state index >= 15 is 0 Å². The van der Waals surface area contributed by atoms with E-state index in [0.717, 1.165) is 34.1 Å². The number of pyridine rings is 1. The first-order valence-electron chi connectivity index (χ1n) is 7.89. The third-order valence-corrected chi connectivity index (χ3v) is 5.44. The zero-order valence-corrected chi connectivity index (χ0v) is 16.1. The topological polar surface area (TPSA) is 72.7 Å². The molecule has 0 atom stereocenters. The van der Waals surface area contributed by atoms with Gasteiger partial charge in [0.15, 0.2) is 5.16 Å². The monoisotopic (exact) mass is 425 g/mol. The second kappa shape index (κ2) is 8.65. The number of amides is 1. The van der Waals surface area contributed by atoms with Gasteiger partial charge < -0.3 is 9.88 Å². The Morgan fingerprint density at radius 1 is 1.18 bits per heavy atom. The van der Waals surface area contributed by atoms with Gasteiger partial charge in [0.1, 0.15) is 6.33 Å². The average molecular weight is 425 g/mol. The van der Waals surface area contributed by atoms with Crippen molar-refractivity contribution in [1.82, 2.24) is 19.7 Å². The van der Waals surface area contributed by atoms with Crippen molar-refractivity contribution in [1.29, 1.82) is 0 Å². The quantitative estimate of drug-likeness (QED) is 0.600. The van der Waals surface area contributed by atoms with E-state index in [9.17, 15) is 18.0 Å². The van der Waals surface area contributed by atoms with Crippen LogP contribution in [0.3, 0.4) is 0 Å². The number of carbonyl (C=O) groups excluding carboxylic acids is 1. The number of benzene rings is 1. The molecular formula is C17H14F3N5OS2. The van der Waals surface area contributed by atoms with Crippen molar-refractivity contribution in [2.75, 3.05) is 11.1 Å². The van der Waals surface area contributed by atoms with Gasteiger partial charge in [-0.3, -0.25) is 4.79 Å². The van der Waals surface area contributed by atoms with E-state index in [1.807, 2.05) is 19.2 Å². The molecule has 2 heterocycles. The fourth-order valence-electron chi connectivity index (χ4n) is 2.05. The van der Waals surface area contributed by atoms with Crippen molar-refractivity contribution < 1.29 is 18.0 Å². The van der Waals surface area contributed by atoms with Gasteiger partial charge in [-0.05, 0) is 48.2 Å². The summed E-state index contributed by atoms with van der Waals surface area (Å²) in [6, 6.07) is 9.41. The summed E-state index contributed by atoms with van der Waals surface area (Å²) in [6.07, 6.45) is -2.06. The Morgan fingerprint density at radius 2 is 1.93 bits per heavy atom. The first-order valence-corrected chi connectivity index (χ1v) is 9.69. The summed E-state index contributed by atoms with van der Waals surface area (Å²) >= 11 is 2.51. The molecule has 1 amide bonds.